The molecule has 0 saturated heterocycles. The molecule has 104 valence electrons. The summed E-state index contributed by atoms with van der Waals surface area (Å²) >= 11 is 3.29. The Balaban J connectivity index is 1.92. The highest BCUT2D eigenvalue weighted by atomic mass is 79.9. The lowest BCUT2D eigenvalue weighted by atomic mass is 10.1. The number of pyridine rings is 1. The number of halogens is 1. The fraction of sp³-hybridized carbons (Fsp3) is 0.200. The smallest absolute Gasteiger partial charge is 0.224 e. The molecule has 0 aliphatic carbocycles. The average Bonchev–Trinajstić information content (AvgIpc) is 2.40. The SMILES string of the molecule is Cc1nc(Br)ccc1NC(=O)CCc1cccc(N)c1. The third-order valence-electron chi connectivity index (χ3n) is 2.92. The molecule has 4 nitrogen and oxygen atoms in total. The molecule has 0 unspecified atom stereocenters. The van der Waals surface area contributed by atoms with Gasteiger partial charge in [-0.15, -0.1) is 0 Å². The molecule has 0 atom stereocenters. The van der Waals surface area contributed by atoms with E-state index >= 15 is 0 Å². The molecule has 0 aliphatic rings. The van der Waals surface area contributed by atoms with E-state index in [0.717, 1.165) is 27.2 Å². The molecular formula is C15H16BrN3O. The number of aryl methyl sites for hydroxylation is 2. The quantitative estimate of drug-likeness (QED) is 0.666. The number of carbonyl (C=O) groups excluding carboxylic acids is 1. The predicted molar refractivity (Wildman–Crippen MR) is 84.5 cm³/mol. The first-order chi connectivity index (χ1) is 9.54. The van der Waals surface area contributed by atoms with Gasteiger partial charge in [0.2, 0.25) is 5.91 Å². The molecule has 2 aromatic rings. The fourth-order valence-electron chi connectivity index (χ4n) is 1.88. The van der Waals surface area contributed by atoms with E-state index in [1.807, 2.05) is 37.3 Å². The van der Waals surface area contributed by atoms with Crippen LogP contribution in [-0.4, -0.2) is 10.9 Å². The highest BCUT2D eigenvalue weighted by Crippen LogP contribution is 2.16. The second kappa shape index (κ2) is 6.52. The Hall–Kier alpha value is -1.88. The summed E-state index contributed by atoms with van der Waals surface area (Å²) in [5.74, 6) is -0.0281. The van der Waals surface area contributed by atoms with E-state index in [-0.39, 0.29) is 5.91 Å². The van der Waals surface area contributed by atoms with Crippen molar-refractivity contribution in [3.8, 4) is 0 Å². The van der Waals surface area contributed by atoms with E-state index < -0.39 is 0 Å². The minimum atomic E-state index is -0.0281. The summed E-state index contributed by atoms with van der Waals surface area (Å²) in [5.41, 5.74) is 9.02. The highest BCUT2D eigenvalue weighted by Gasteiger charge is 2.06. The molecule has 5 heteroatoms. The Morgan fingerprint density at radius 1 is 1.35 bits per heavy atom. The van der Waals surface area contributed by atoms with Crippen LogP contribution < -0.4 is 11.1 Å². The summed E-state index contributed by atoms with van der Waals surface area (Å²) in [7, 11) is 0. The third-order valence-corrected chi connectivity index (χ3v) is 3.36. The zero-order valence-corrected chi connectivity index (χ0v) is 12.8. The maximum Gasteiger partial charge on any atom is 0.224 e. The van der Waals surface area contributed by atoms with Crippen molar-refractivity contribution in [3.05, 3.63) is 52.3 Å². The molecule has 0 bridgehead atoms. The van der Waals surface area contributed by atoms with Crippen LogP contribution in [-0.2, 0) is 11.2 Å². The molecule has 1 aromatic carbocycles. The molecule has 1 heterocycles. The second-order valence-electron chi connectivity index (χ2n) is 4.56. The van der Waals surface area contributed by atoms with Crippen LogP contribution in [0.25, 0.3) is 0 Å². The van der Waals surface area contributed by atoms with Crippen molar-refractivity contribution in [1.82, 2.24) is 4.98 Å². The molecule has 1 aromatic heterocycles. The van der Waals surface area contributed by atoms with E-state index in [4.69, 9.17) is 5.73 Å². The number of nitrogens with two attached hydrogens (primary N) is 1. The second-order valence-corrected chi connectivity index (χ2v) is 5.37. The van der Waals surface area contributed by atoms with Crippen molar-refractivity contribution in [2.75, 3.05) is 11.1 Å². The van der Waals surface area contributed by atoms with Crippen molar-refractivity contribution >= 4 is 33.2 Å². The number of nitrogens with zero attached hydrogens (tertiary/aromatic N) is 1. The van der Waals surface area contributed by atoms with Gasteiger partial charge in [0.1, 0.15) is 4.60 Å². The van der Waals surface area contributed by atoms with Gasteiger partial charge < -0.3 is 11.1 Å². The molecule has 0 saturated carbocycles. The lowest BCUT2D eigenvalue weighted by Crippen LogP contribution is -2.13. The third kappa shape index (κ3) is 4.06. The number of benzene rings is 1. The monoisotopic (exact) mass is 333 g/mol. The van der Waals surface area contributed by atoms with E-state index in [9.17, 15) is 4.79 Å². The summed E-state index contributed by atoms with van der Waals surface area (Å²) in [6.45, 7) is 1.86. The van der Waals surface area contributed by atoms with Gasteiger partial charge in [-0.2, -0.15) is 0 Å². The number of nitrogen functional groups attached to an aromatic ring is 1. The highest BCUT2D eigenvalue weighted by molar-refractivity contribution is 9.10. The van der Waals surface area contributed by atoms with Gasteiger partial charge in [-0.1, -0.05) is 12.1 Å². The largest absolute Gasteiger partial charge is 0.399 e. The fourth-order valence-corrected chi connectivity index (χ4v) is 2.28. The molecule has 2 rings (SSSR count). The maximum absolute atomic E-state index is 11.9. The molecule has 0 aliphatic heterocycles. The van der Waals surface area contributed by atoms with Crippen LogP contribution >= 0.6 is 15.9 Å². The number of nitrogens with one attached hydrogen (secondary N) is 1. The van der Waals surface area contributed by atoms with Gasteiger partial charge in [0.05, 0.1) is 11.4 Å². The van der Waals surface area contributed by atoms with Crippen molar-refractivity contribution in [2.24, 2.45) is 0 Å². The van der Waals surface area contributed by atoms with Gasteiger partial charge in [0, 0.05) is 12.1 Å². The number of hydrogen-bond donors (Lipinski definition) is 2. The molecule has 3 N–H and O–H groups in total. The Bertz CT molecular complexity index is 628. The molecular weight excluding hydrogens is 318 g/mol. The molecule has 0 spiro atoms. The van der Waals surface area contributed by atoms with Crippen molar-refractivity contribution in [3.63, 3.8) is 0 Å². The lowest BCUT2D eigenvalue weighted by molar-refractivity contribution is -0.116. The first-order valence-electron chi connectivity index (χ1n) is 6.32. The lowest BCUT2D eigenvalue weighted by Gasteiger charge is -2.08. The van der Waals surface area contributed by atoms with Gasteiger partial charge in [-0.25, -0.2) is 4.98 Å². The summed E-state index contributed by atoms with van der Waals surface area (Å²) in [5, 5.41) is 2.87. The van der Waals surface area contributed by atoms with Crippen molar-refractivity contribution < 1.29 is 4.79 Å². The number of hydrogen-bond acceptors (Lipinski definition) is 3. The summed E-state index contributed by atoms with van der Waals surface area (Å²) in [4.78, 5) is 16.2. The normalized spacial score (nSPS) is 10.3. The van der Waals surface area contributed by atoms with Crippen molar-refractivity contribution in [2.45, 2.75) is 19.8 Å². The van der Waals surface area contributed by atoms with Crippen LogP contribution in [0.15, 0.2) is 41.0 Å². The molecule has 1 amide bonds. The number of anilines is 2. The van der Waals surface area contributed by atoms with Gasteiger partial charge >= 0.3 is 0 Å². The number of rotatable bonds is 4. The van der Waals surface area contributed by atoms with Gasteiger partial charge in [0.15, 0.2) is 0 Å². The Labute approximate surface area is 126 Å². The van der Waals surface area contributed by atoms with Crippen molar-refractivity contribution in [1.29, 1.82) is 0 Å². The van der Waals surface area contributed by atoms with E-state index in [1.54, 1.807) is 6.07 Å². The number of carbonyl (C=O) groups is 1. The first kappa shape index (κ1) is 14.5. The van der Waals surface area contributed by atoms with Crippen LogP contribution in [0.2, 0.25) is 0 Å². The van der Waals surface area contributed by atoms with Gasteiger partial charge in [-0.05, 0) is 59.1 Å². The summed E-state index contributed by atoms with van der Waals surface area (Å²) < 4.78 is 0.757. The van der Waals surface area contributed by atoms with E-state index in [0.29, 0.717) is 12.8 Å². The zero-order valence-electron chi connectivity index (χ0n) is 11.2. The van der Waals surface area contributed by atoms with Crippen LogP contribution in [0.4, 0.5) is 11.4 Å². The minimum absolute atomic E-state index is 0.0281. The van der Waals surface area contributed by atoms with E-state index in [1.165, 1.54) is 0 Å². The van der Waals surface area contributed by atoms with Crippen LogP contribution in [0.5, 0.6) is 0 Å². The van der Waals surface area contributed by atoms with Crippen LogP contribution in [0.1, 0.15) is 17.7 Å². The summed E-state index contributed by atoms with van der Waals surface area (Å²) in [6.07, 6.45) is 1.08. The Morgan fingerprint density at radius 3 is 2.85 bits per heavy atom. The first-order valence-corrected chi connectivity index (χ1v) is 7.11. The minimum Gasteiger partial charge on any atom is -0.399 e. The predicted octanol–water partition coefficient (Wildman–Crippen LogP) is 3.31. The zero-order chi connectivity index (χ0) is 14.5. The Kier molecular flexibility index (Phi) is 4.74. The maximum atomic E-state index is 11.9. The molecule has 0 radical (unpaired) electrons. The van der Waals surface area contributed by atoms with Crippen LogP contribution in [0.3, 0.4) is 0 Å². The standard InChI is InChI=1S/C15H16BrN3O/c1-10-13(6-7-14(16)18-10)19-15(20)8-5-11-3-2-4-12(17)9-11/h2-4,6-7,9H,5,8,17H2,1H3,(H,19,20). The average molecular weight is 334 g/mol. The Morgan fingerprint density at radius 2 is 2.15 bits per heavy atom. The van der Waals surface area contributed by atoms with Gasteiger partial charge in [0.25, 0.3) is 0 Å². The topological polar surface area (TPSA) is 68.0 Å². The van der Waals surface area contributed by atoms with Crippen LogP contribution in [0, 0.1) is 6.92 Å². The molecule has 20 heavy (non-hydrogen) atoms. The van der Waals surface area contributed by atoms with E-state index in [2.05, 4.69) is 26.2 Å². The number of amides is 1. The summed E-state index contributed by atoms with van der Waals surface area (Å²) in [6, 6.07) is 11.2. The van der Waals surface area contributed by atoms with Gasteiger partial charge in [-0.3, -0.25) is 4.79 Å². The number of aromatic nitrogens is 1. The molecule has 0 fully saturated rings.